The number of carbonyl (C=O) groups excluding carboxylic acids is 2. The molecule has 0 saturated heterocycles. The van der Waals surface area contributed by atoms with Crippen LogP contribution >= 0.6 is 0 Å². The Kier molecular flexibility index (Phi) is 3.23. The van der Waals surface area contributed by atoms with E-state index in [0.29, 0.717) is 19.3 Å². The van der Waals surface area contributed by atoms with E-state index in [-0.39, 0.29) is 18.8 Å². The summed E-state index contributed by atoms with van der Waals surface area (Å²) >= 11 is 0. The van der Waals surface area contributed by atoms with Gasteiger partial charge in [-0.1, -0.05) is 0 Å². The Morgan fingerprint density at radius 2 is 2.43 bits per heavy atom. The van der Waals surface area contributed by atoms with Crippen LogP contribution in [-0.2, 0) is 14.3 Å². The van der Waals surface area contributed by atoms with Gasteiger partial charge < -0.3 is 4.74 Å². The first-order chi connectivity index (χ1) is 6.67. The molecular formula is C10H13NO3. The number of ketones is 1. The molecule has 0 radical (unpaired) electrons. The number of esters is 1. The molecule has 0 aromatic carbocycles. The third kappa shape index (κ3) is 1.63. The van der Waals surface area contributed by atoms with Crippen LogP contribution in [0.4, 0.5) is 0 Å². The Balaban J connectivity index is 2.87. The smallest absolute Gasteiger partial charge is 0.320 e. The van der Waals surface area contributed by atoms with E-state index in [9.17, 15) is 9.59 Å². The van der Waals surface area contributed by atoms with Crippen molar-refractivity contribution >= 4 is 11.8 Å². The number of hydrogen-bond donors (Lipinski definition) is 0. The molecule has 0 N–H and O–H groups in total. The molecule has 1 fully saturated rings. The molecule has 1 aliphatic rings. The van der Waals surface area contributed by atoms with Crippen molar-refractivity contribution in [2.75, 3.05) is 6.61 Å². The van der Waals surface area contributed by atoms with E-state index >= 15 is 0 Å². The first-order valence-electron chi connectivity index (χ1n) is 4.75. The molecule has 0 spiro atoms. The number of rotatable bonds is 3. The van der Waals surface area contributed by atoms with E-state index < -0.39 is 11.4 Å². The van der Waals surface area contributed by atoms with Crippen molar-refractivity contribution in [3.63, 3.8) is 0 Å². The second kappa shape index (κ2) is 4.23. The zero-order chi connectivity index (χ0) is 10.6. The summed E-state index contributed by atoms with van der Waals surface area (Å²) in [5.41, 5.74) is -1.15. The fraction of sp³-hybridized carbons (Fsp3) is 0.700. The van der Waals surface area contributed by atoms with E-state index in [0.717, 1.165) is 0 Å². The van der Waals surface area contributed by atoms with E-state index in [4.69, 9.17) is 10.00 Å². The van der Waals surface area contributed by atoms with Crippen LogP contribution in [0.1, 0.15) is 32.6 Å². The number of nitrogens with zero attached hydrogens (tertiary/aromatic N) is 1. The predicted molar refractivity (Wildman–Crippen MR) is 48.2 cm³/mol. The Morgan fingerprint density at radius 3 is 2.86 bits per heavy atom. The highest BCUT2D eigenvalue weighted by Crippen LogP contribution is 2.38. The van der Waals surface area contributed by atoms with E-state index in [1.54, 1.807) is 6.92 Å². The van der Waals surface area contributed by atoms with Crippen LogP contribution < -0.4 is 0 Å². The van der Waals surface area contributed by atoms with Crippen LogP contribution in [0.3, 0.4) is 0 Å². The molecule has 0 bridgehead atoms. The van der Waals surface area contributed by atoms with Crippen LogP contribution in [0.2, 0.25) is 0 Å². The highest BCUT2D eigenvalue weighted by molar-refractivity contribution is 6.05. The molecule has 0 unspecified atom stereocenters. The van der Waals surface area contributed by atoms with Gasteiger partial charge in [-0.05, 0) is 19.8 Å². The van der Waals surface area contributed by atoms with Gasteiger partial charge in [0, 0.05) is 6.42 Å². The number of Topliss-reactive ketones (excluding diaryl/α,β-unsaturated/α-hetero) is 1. The first-order valence-corrected chi connectivity index (χ1v) is 4.75. The molecule has 4 nitrogen and oxygen atoms in total. The summed E-state index contributed by atoms with van der Waals surface area (Å²) in [7, 11) is 0. The normalized spacial score (nSPS) is 25.9. The zero-order valence-electron chi connectivity index (χ0n) is 8.21. The lowest BCUT2D eigenvalue weighted by atomic mass is 9.82. The average Bonchev–Trinajstić information content (AvgIpc) is 2.50. The van der Waals surface area contributed by atoms with E-state index in [1.807, 2.05) is 6.07 Å². The topological polar surface area (TPSA) is 67.2 Å². The molecule has 1 atom stereocenters. The lowest BCUT2D eigenvalue weighted by Crippen LogP contribution is -2.36. The van der Waals surface area contributed by atoms with Crippen molar-refractivity contribution in [1.82, 2.24) is 0 Å². The Hall–Kier alpha value is -1.37. The van der Waals surface area contributed by atoms with Crippen LogP contribution in [0.5, 0.6) is 0 Å². The third-order valence-corrected chi connectivity index (χ3v) is 2.59. The van der Waals surface area contributed by atoms with Crippen LogP contribution in [0, 0.1) is 16.7 Å². The molecular weight excluding hydrogens is 182 g/mol. The number of ether oxygens (including phenoxy) is 1. The number of nitriles is 1. The van der Waals surface area contributed by atoms with Crippen molar-refractivity contribution in [3.05, 3.63) is 0 Å². The Bertz CT molecular complexity index is 292. The molecule has 0 aliphatic heterocycles. The monoisotopic (exact) mass is 195 g/mol. The standard InChI is InChI=1S/C10H13NO3/c1-2-14-9(13)10(6-7-11)5-3-4-8(10)12/h2-6H2,1H3/t10-/m0/s1. The second-order valence-corrected chi connectivity index (χ2v) is 3.41. The number of carbonyl (C=O) groups is 2. The van der Waals surface area contributed by atoms with E-state index in [2.05, 4.69) is 0 Å². The molecule has 14 heavy (non-hydrogen) atoms. The lowest BCUT2D eigenvalue weighted by molar-refractivity contribution is -0.158. The molecule has 0 heterocycles. The molecule has 1 aliphatic carbocycles. The van der Waals surface area contributed by atoms with Crippen molar-refractivity contribution in [1.29, 1.82) is 5.26 Å². The maximum absolute atomic E-state index is 11.6. The molecule has 1 rings (SSSR count). The largest absolute Gasteiger partial charge is 0.465 e. The summed E-state index contributed by atoms with van der Waals surface area (Å²) in [6.45, 7) is 1.94. The van der Waals surface area contributed by atoms with Gasteiger partial charge in [0.2, 0.25) is 0 Å². The van der Waals surface area contributed by atoms with Gasteiger partial charge in [0.15, 0.2) is 5.78 Å². The van der Waals surface area contributed by atoms with Crippen LogP contribution in [0.15, 0.2) is 0 Å². The van der Waals surface area contributed by atoms with Crippen molar-refractivity contribution in [2.24, 2.45) is 5.41 Å². The maximum Gasteiger partial charge on any atom is 0.320 e. The first kappa shape index (κ1) is 10.7. The molecule has 76 valence electrons. The van der Waals surface area contributed by atoms with Crippen molar-refractivity contribution in [3.8, 4) is 6.07 Å². The summed E-state index contributed by atoms with van der Waals surface area (Å²) in [5.74, 6) is -0.665. The van der Waals surface area contributed by atoms with Gasteiger partial charge in [0.05, 0.1) is 19.1 Å². The zero-order valence-corrected chi connectivity index (χ0v) is 8.21. The maximum atomic E-state index is 11.6. The van der Waals surface area contributed by atoms with Gasteiger partial charge in [-0.3, -0.25) is 9.59 Å². The minimum atomic E-state index is -1.15. The predicted octanol–water partition coefficient (Wildman–Crippen LogP) is 1.20. The Labute approximate surface area is 82.8 Å². The van der Waals surface area contributed by atoms with Crippen LogP contribution in [-0.4, -0.2) is 18.4 Å². The molecule has 4 heteroatoms. The quantitative estimate of drug-likeness (QED) is 0.501. The van der Waals surface area contributed by atoms with Gasteiger partial charge in [-0.25, -0.2) is 0 Å². The lowest BCUT2D eigenvalue weighted by Gasteiger charge is -2.21. The van der Waals surface area contributed by atoms with Crippen molar-refractivity contribution < 1.29 is 14.3 Å². The Morgan fingerprint density at radius 1 is 1.71 bits per heavy atom. The summed E-state index contributed by atoms with van der Waals surface area (Å²) < 4.78 is 4.84. The summed E-state index contributed by atoms with van der Waals surface area (Å²) in [5, 5.41) is 8.62. The van der Waals surface area contributed by atoms with Crippen molar-refractivity contribution in [2.45, 2.75) is 32.6 Å². The summed E-state index contributed by atoms with van der Waals surface area (Å²) in [6.07, 6.45) is 1.47. The van der Waals surface area contributed by atoms with Crippen LogP contribution in [0.25, 0.3) is 0 Å². The second-order valence-electron chi connectivity index (χ2n) is 3.41. The average molecular weight is 195 g/mol. The fourth-order valence-corrected chi connectivity index (χ4v) is 1.81. The highest BCUT2D eigenvalue weighted by Gasteiger charge is 2.49. The molecule has 0 aromatic heterocycles. The minimum absolute atomic E-state index is 0.0509. The third-order valence-electron chi connectivity index (χ3n) is 2.59. The molecule has 0 amide bonds. The van der Waals surface area contributed by atoms with Gasteiger partial charge in [0.1, 0.15) is 5.41 Å². The van der Waals surface area contributed by atoms with Gasteiger partial charge in [-0.2, -0.15) is 5.26 Å². The van der Waals surface area contributed by atoms with E-state index in [1.165, 1.54) is 0 Å². The number of hydrogen-bond acceptors (Lipinski definition) is 4. The fourth-order valence-electron chi connectivity index (χ4n) is 1.81. The molecule has 1 saturated carbocycles. The van der Waals surface area contributed by atoms with Gasteiger partial charge in [0.25, 0.3) is 0 Å². The molecule has 0 aromatic rings. The summed E-state index contributed by atoms with van der Waals surface area (Å²) in [4.78, 5) is 23.1. The SMILES string of the molecule is CCOC(=O)[C@]1(CC#N)CCCC1=O. The highest BCUT2D eigenvalue weighted by atomic mass is 16.5. The minimum Gasteiger partial charge on any atom is -0.465 e. The summed E-state index contributed by atoms with van der Waals surface area (Å²) in [6, 6.07) is 1.90. The van der Waals surface area contributed by atoms with Gasteiger partial charge >= 0.3 is 5.97 Å². The van der Waals surface area contributed by atoms with Gasteiger partial charge in [-0.15, -0.1) is 0 Å².